The summed E-state index contributed by atoms with van der Waals surface area (Å²) >= 11 is 3.47. The summed E-state index contributed by atoms with van der Waals surface area (Å²) in [5.74, 6) is 1.04. The Hall–Kier alpha value is -1.36. The van der Waals surface area contributed by atoms with Crippen molar-refractivity contribution in [2.45, 2.75) is 26.3 Å². The molecule has 0 aliphatic rings. The zero-order chi connectivity index (χ0) is 12.6. The van der Waals surface area contributed by atoms with Crippen LogP contribution in [0.2, 0.25) is 0 Å². The van der Waals surface area contributed by atoms with E-state index < -0.39 is 0 Å². The summed E-state index contributed by atoms with van der Waals surface area (Å²) in [6.45, 7) is 6.16. The van der Waals surface area contributed by atoms with Gasteiger partial charge >= 0.3 is 0 Å². The molecule has 17 heavy (non-hydrogen) atoms. The quantitative estimate of drug-likeness (QED) is 0.848. The summed E-state index contributed by atoms with van der Waals surface area (Å²) < 4.78 is 0.918. The molecular weight excluding hydrogens is 280 g/mol. The van der Waals surface area contributed by atoms with E-state index in [1.807, 2.05) is 18.2 Å². The van der Waals surface area contributed by atoms with Gasteiger partial charge in [-0.3, -0.25) is 0 Å². The van der Waals surface area contributed by atoms with Gasteiger partial charge in [-0.25, -0.2) is 4.98 Å². The Bertz CT molecular complexity index is 560. The minimum Gasteiger partial charge on any atom is -0.383 e. The maximum absolute atomic E-state index is 5.93. The van der Waals surface area contributed by atoms with E-state index in [2.05, 4.69) is 52.0 Å². The minimum absolute atomic E-state index is 0.0959. The Morgan fingerprint density at radius 1 is 1.24 bits per heavy atom. The van der Waals surface area contributed by atoms with E-state index in [0.29, 0.717) is 11.8 Å². The first-order chi connectivity index (χ1) is 7.87. The van der Waals surface area contributed by atoms with E-state index >= 15 is 0 Å². The van der Waals surface area contributed by atoms with E-state index in [0.717, 1.165) is 15.4 Å². The summed E-state index contributed by atoms with van der Waals surface area (Å²) in [6, 6.07) is 5.77. The number of benzene rings is 1. The topological polar surface area (TPSA) is 63.8 Å². The SMILES string of the molecule is CC(C)(C)Nc1nc(N)c2cccc(Br)c2n1. The zero-order valence-corrected chi connectivity index (χ0v) is 11.7. The van der Waals surface area contributed by atoms with Gasteiger partial charge < -0.3 is 11.1 Å². The van der Waals surface area contributed by atoms with Crippen molar-refractivity contribution in [1.82, 2.24) is 9.97 Å². The number of nitrogens with zero attached hydrogens (tertiary/aromatic N) is 2. The molecule has 5 heteroatoms. The first kappa shape index (κ1) is 12.1. The van der Waals surface area contributed by atoms with Crippen molar-refractivity contribution in [3.8, 4) is 0 Å². The van der Waals surface area contributed by atoms with E-state index in [-0.39, 0.29) is 5.54 Å². The lowest BCUT2D eigenvalue weighted by Crippen LogP contribution is -2.27. The molecule has 0 amide bonds. The Labute approximate surface area is 109 Å². The first-order valence-electron chi connectivity index (χ1n) is 5.37. The number of rotatable bonds is 1. The van der Waals surface area contributed by atoms with Crippen LogP contribution in [0, 0.1) is 0 Å². The number of anilines is 2. The highest BCUT2D eigenvalue weighted by Crippen LogP contribution is 2.26. The molecule has 0 spiro atoms. The monoisotopic (exact) mass is 294 g/mol. The molecule has 2 aromatic rings. The number of hydrogen-bond acceptors (Lipinski definition) is 4. The van der Waals surface area contributed by atoms with E-state index in [1.54, 1.807) is 0 Å². The molecule has 0 unspecified atom stereocenters. The van der Waals surface area contributed by atoms with Crippen molar-refractivity contribution in [3.05, 3.63) is 22.7 Å². The molecule has 3 N–H and O–H groups in total. The van der Waals surface area contributed by atoms with Gasteiger partial charge in [-0.2, -0.15) is 4.98 Å². The predicted octanol–water partition coefficient (Wildman–Crippen LogP) is 3.18. The predicted molar refractivity (Wildman–Crippen MR) is 75.0 cm³/mol. The molecule has 0 radical (unpaired) electrons. The van der Waals surface area contributed by atoms with Gasteiger partial charge in [-0.1, -0.05) is 6.07 Å². The van der Waals surface area contributed by atoms with Gasteiger partial charge in [-0.15, -0.1) is 0 Å². The summed E-state index contributed by atoms with van der Waals surface area (Å²) in [4.78, 5) is 8.73. The van der Waals surface area contributed by atoms with Crippen LogP contribution in [-0.2, 0) is 0 Å². The van der Waals surface area contributed by atoms with Crippen LogP contribution in [0.15, 0.2) is 22.7 Å². The van der Waals surface area contributed by atoms with Crippen LogP contribution in [0.4, 0.5) is 11.8 Å². The number of nitrogens with one attached hydrogen (secondary N) is 1. The number of para-hydroxylation sites is 1. The smallest absolute Gasteiger partial charge is 0.225 e. The number of nitrogen functional groups attached to an aromatic ring is 1. The fourth-order valence-electron chi connectivity index (χ4n) is 1.53. The van der Waals surface area contributed by atoms with Crippen LogP contribution in [-0.4, -0.2) is 15.5 Å². The van der Waals surface area contributed by atoms with E-state index in [9.17, 15) is 0 Å². The Balaban J connectivity index is 2.58. The highest BCUT2D eigenvalue weighted by molar-refractivity contribution is 9.10. The first-order valence-corrected chi connectivity index (χ1v) is 6.16. The second kappa shape index (κ2) is 4.14. The van der Waals surface area contributed by atoms with Crippen LogP contribution < -0.4 is 11.1 Å². The molecule has 0 aliphatic carbocycles. The second-order valence-electron chi connectivity index (χ2n) is 4.94. The molecule has 0 fully saturated rings. The highest BCUT2D eigenvalue weighted by Gasteiger charge is 2.13. The number of halogens is 1. The molecule has 1 aromatic carbocycles. The highest BCUT2D eigenvalue weighted by atomic mass is 79.9. The summed E-state index contributed by atoms with van der Waals surface area (Å²) in [7, 11) is 0. The van der Waals surface area contributed by atoms with Crippen LogP contribution in [0.25, 0.3) is 10.9 Å². The van der Waals surface area contributed by atoms with E-state index in [1.165, 1.54) is 0 Å². The third kappa shape index (κ3) is 2.66. The molecule has 4 nitrogen and oxygen atoms in total. The lowest BCUT2D eigenvalue weighted by molar-refractivity contribution is 0.627. The number of hydrogen-bond donors (Lipinski definition) is 2. The Morgan fingerprint density at radius 2 is 1.94 bits per heavy atom. The largest absolute Gasteiger partial charge is 0.383 e. The van der Waals surface area contributed by atoms with Gasteiger partial charge in [0.1, 0.15) is 5.82 Å². The van der Waals surface area contributed by atoms with Crippen molar-refractivity contribution in [1.29, 1.82) is 0 Å². The van der Waals surface area contributed by atoms with Gasteiger partial charge in [0, 0.05) is 15.4 Å². The average Bonchev–Trinajstić information content (AvgIpc) is 2.17. The molecular formula is C12H15BrN4. The molecule has 90 valence electrons. The average molecular weight is 295 g/mol. The van der Waals surface area contributed by atoms with Gasteiger partial charge in [0.25, 0.3) is 0 Å². The third-order valence-corrected chi connectivity index (χ3v) is 2.83. The van der Waals surface area contributed by atoms with Crippen molar-refractivity contribution >= 4 is 38.6 Å². The maximum atomic E-state index is 5.93. The summed E-state index contributed by atoms with van der Waals surface area (Å²) in [5.41, 5.74) is 6.66. The lowest BCUT2D eigenvalue weighted by atomic mass is 10.1. The van der Waals surface area contributed by atoms with Gasteiger partial charge in [0.15, 0.2) is 0 Å². The summed E-state index contributed by atoms with van der Waals surface area (Å²) in [6.07, 6.45) is 0. The minimum atomic E-state index is -0.0959. The Kier molecular flexibility index (Phi) is 2.95. The van der Waals surface area contributed by atoms with Crippen LogP contribution in [0.1, 0.15) is 20.8 Å². The maximum Gasteiger partial charge on any atom is 0.225 e. The standard InChI is InChI=1S/C12H15BrN4/c1-12(2,3)17-11-15-9-7(10(14)16-11)5-4-6-8(9)13/h4-6H,1-3H3,(H3,14,15,16,17). The molecule has 2 rings (SSSR count). The summed E-state index contributed by atoms with van der Waals surface area (Å²) in [5, 5.41) is 4.08. The molecule has 0 atom stereocenters. The zero-order valence-electron chi connectivity index (χ0n) is 10.1. The van der Waals surface area contributed by atoms with Crippen LogP contribution in [0.5, 0.6) is 0 Å². The van der Waals surface area contributed by atoms with E-state index in [4.69, 9.17) is 5.73 Å². The fraction of sp³-hybridized carbons (Fsp3) is 0.333. The fourth-order valence-corrected chi connectivity index (χ4v) is 1.99. The molecule has 1 aromatic heterocycles. The molecule has 1 heterocycles. The van der Waals surface area contributed by atoms with Gasteiger partial charge in [0.2, 0.25) is 5.95 Å². The van der Waals surface area contributed by atoms with Crippen molar-refractivity contribution < 1.29 is 0 Å². The molecule has 0 aliphatic heterocycles. The number of aromatic nitrogens is 2. The normalized spacial score (nSPS) is 11.8. The lowest BCUT2D eigenvalue weighted by Gasteiger charge is -2.20. The number of nitrogens with two attached hydrogens (primary N) is 1. The number of fused-ring (bicyclic) bond motifs is 1. The Morgan fingerprint density at radius 3 is 2.59 bits per heavy atom. The van der Waals surface area contributed by atoms with Gasteiger partial charge in [-0.05, 0) is 48.8 Å². The molecule has 0 saturated heterocycles. The van der Waals surface area contributed by atoms with Crippen LogP contribution in [0.3, 0.4) is 0 Å². The van der Waals surface area contributed by atoms with Crippen LogP contribution >= 0.6 is 15.9 Å². The van der Waals surface area contributed by atoms with Gasteiger partial charge in [0.05, 0.1) is 5.52 Å². The molecule has 0 bridgehead atoms. The van der Waals surface area contributed by atoms with Crippen molar-refractivity contribution in [2.75, 3.05) is 11.1 Å². The second-order valence-corrected chi connectivity index (χ2v) is 5.80. The van der Waals surface area contributed by atoms with Crippen molar-refractivity contribution in [3.63, 3.8) is 0 Å². The third-order valence-electron chi connectivity index (χ3n) is 2.19. The van der Waals surface area contributed by atoms with Crippen molar-refractivity contribution in [2.24, 2.45) is 0 Å². The molecule has 0 saturated carbocycles.